The van der Waals surface area contributed by atoms with E-state index in [1.165, 1.54) is 0 Å². The number of rotatable bonds is 7. The third-order valence-corrected chi connectivity index (χ3v) is 7.42. The zero-order chi connectivity index (χ0) is 22.7. The number of hydrogen-bond donors (Lipinski definition) is 3. The van der Waals surface area contributed by atoms with Gasteiger partial charge in [0.25, 0.3) is 0 Å². The Morgan fingerprint density at radius 3 is 2.53 bits per heavy atom. The van der Waals surface area contributed by atoms with Gasteiger partial charge in [-0.15, -0.1) is 0 Å². The molecule has 0 atom stereocenters. The van der Waals surface area contributed by atoms with E-state index >= 15 is 0 Å². The summed E-state index contributed by atoms with van der Waals surface area (Å²) in [5, 5.41) is 7.35. The van der Waals surface area contributed by atoms with Crippen molar-refractivity contribution < 1.29 is 13.2 Å². The van der Waals surface area contributed by atoms with Crippen molar-refractivity contribution in [2.45, 2.75) is 43.7 Å². The van der Waals surface area contributed by atoms with Gasteiger partial charge in [-0.2, -0.15) is 0 Å². The SMILES string of the molecule is CC(C)NS(=O)(=O)c1ccc(Nc2ncc3c(Br)ccc(OC4CCNCC4)c3n2)cc1. The summed E-state index contributed by atoms with van der Waals surface area (Å²) in [5.74, 6) is 1.13. The molecule has 1 aromatic heterocycles. The number of sulfonamides is 1. The molecular formula is C22H26BrN5O3S. The highest BCUT2D eigenvalue weighted by Gasteiger charge is 2.18. The molecule has 3 aromatic rings. The Hall–Kier alpha value is -2.27. The van der Waals surface area contributed by atoms with Gasteiger partial charge in [-0.05, 0) is 76.2 Å². The normalized spacial score (nSPS) is 15.2. The zero-order valence-corrected chi connectivity index (χ0v) is 20.3. The molecule has 1 aliphatic heterocycles. The van der Waals surface area contributed by atoms with Crippen LogP contribution in [0.15, 0.2) is 52.0 Å². The third kappa shape index (κ3) is 5.37. The molecule has 0 aliphatic carbocycles. The Balaban J connectivity index is 1.57. The van der Waals surface area contributed by atoms with Crippen LogP contribution >= 0.6 is 15.9 Å². The number of benzene rings is 2. The lowest BCUT2D eigenvalue weighted by Gasteiger charge is -2.24. The van der Waals surface area contributed by atoms with Crippen molar-refractivity contribution in [1.82, 2.24) is 20.0 Å². The number of nitrogens with one attached hydrogen (secondary N) is 3. The van der Waals surface area contributed by atoms with E-state index in [4.69, 9.17) is 4.74 Å². The van der Waals surface area contributed by atoms with E-state index in [1.807, 2.05) is 12.1 Å². The molecule has 8 nitrogen and oxygen atoms in total. The van der Waals surface area contributed by atoms with Crippen molar-refractivity contribution >= 4 is 48.5 Å². The number of aromatic nitrogens is 2. The van der Waals surface area contributed by atoms with Crippen molar-refractivity contribution in [2.24, 2.45) is 0 Å². The molecule has 2 heterocycles. The first kappa shape index (κ1) is 22.9. The Bertz CT molecular complexity index is 1200. The van der Waals surface area contributed by atoms with E-state index in [-0.39, 0.29) is 17.0 Å². The van der Waals surface area contributed by atoms with Gasteiger partial charge in [-0.25, -0.2) is 23.1 Å². The second-order valence-electron chi connectivity index (χ2n) is 7.99. The standard InChI is InChI=1S/C22H26BrN5O3S/c1-14(2)28-32(29,30)17-5-3-15(4-6-17)26-22-25-13-18-19(23)7-8-20(21(18)27-22)31-16-9-11-24-12-10-16/h3-8,13-14,16,24,28H,9-12H2,1-2H3,(H,25,26,27). The highest BCUT2D eigenvalue weighted by atomic mass is 79.9. The maximum Gasteiger partial charge on any atom is 0.240 e. The van der Waals surface area contributed by atoms with Crippen LogP contribution in [-0.4, -0.2) is 43.6 Å². The van der Waals surface area contributed by atoms with Crippen molar-refractivity contribution in [2.75, 3.05) is 18.4 Å². The quantitative estimate of drug-likeness (QED) is 0.433. The second-order valence-corrected chi connectivity index (χ2v) is 10.6. The van der Waals surface area contributed by atoms with Crippen LogP contribution < -0.4 is 20.1 Å². The second kappa shape index (κ2) is 9.70. The van der Waals surface area contributed by atoms with Gasteiger partial charge in [0.1, 0.15) is 17.4 Å². The highest BCUT2D eigenvalue weighted by Crippen LogP contribution is 2.32. The summed E-state index contributed by atoms with van der Waals surface area (Å²) >= 11 is 3.56. The van der Waals surface area contributed by atoms with Crippen molar-refractivity contribution in [3.05, 3.63) is 47.1 Å². The van der Waals surface area contributed by atoms with Gasteiger partial charge < -0.3 is 15.4 Å². The van der Waals surface area contributed by atoms with E-state index in [2.05, 4.69) is 41.3 Å². The number of fused-ring (bicyclic) bond motifs is 1. The van der Waals surface area contributed by atoms with Crippen molar-refractivity contribution in [1.29, 1.82) is 0 Å². The molecule has 0 amide bonds. The van der Waals surface area contributed by atoms with E-state index in [0.29, 0.717) is 11.6 Å². The van der Waals surface area contributed by atoms with Crippen LogP contribution in [0.1, 0.15) is 26.7 Å². The maximum absolute atomic E-state index is 12.3. The Kier molecular flexibility index (Phi) is 6.94. The van der Waals surface area contributed by atoms with Crippen LogP contribution in [0.2, 0.25) is 0 Å². The van der Waals surface area contributed by atoms with Crippen LogP contribution in [0.4, 0.5) is 11.6 Å². The predicted molar refractivity (Wildman–Crippen MR) is 129 cm³/mol. The fourth-order valence-electron chi connectivity index (χ4n) is 3.54. The first-order valence-corrected chi connectivity index (χ1v) is 12.8. The minimum absolute atomic E-state index is 0.154. The number of hydrogen-bond acceptors (Lipinski definition) is 7. The van der Waals surface area contributed by atoms with Crippen LogP contribution in [0.5, 0.6) is 5.75 Å². The van der Waals surface area contributed by atoms with Gasteiger partial charge in [0.2, 0.25) is 16.0 Å². The van der Waals surface area contributed by atoms with Crippen LogP contribution in [-0.2, 0) is 10.0 Å². The summed E-state index contributed by atoms with van der Waals surface area (Å²) in [7, 11) is -3.54. The molecule has 4 rings (SSSR count). The summed E-state index contributed by atoms with van der Waals surface area (Å²) in [6.45, 7) is 5.46. The van der Waals surface area contributed by atoms with Gasteiger partial charge in [0.05, 0.1) is 4.90 Å². The molecule has 3 N–H and O–H groups in total. The van der Waals surface area contributed by atoms with Crippen LogP contribution in [0.25, 0.3) is 10.9 Å². The summed E-state index contributed by atoms with van der Waals surface area (Å²) in [6, 6.07) is 10.2. The Morgan fingerprint density at radius 1 is 1.12 bits per heavy atom. The molecule has 0 bridgehead atoms. The number of ether oxygens (including phenoxy) is 1. The van der Waals surface area contributed by atoms with Crippen LogP contribution in [0.3, 0.4) is 0 Å². The van der Waals surface area contributed by atoms with Gasteiger partial charge in [0, 0.05) is 27.8 Å². The van der Waals surface area contributed by atoms with Crippen LogP contribution in [0, 0.1) is 0 Å². The molecule has 32 heavy (non-hydrogen) atoms. The molecule has 2 aromatic carbocycles. The third-order valence-electron chi connectivity index (χ3n) is 5.05. The zero-order valence-electron chi connectivity index (χ0n) is 17.9. The first-order valence-electron chi connectivity index (χ1n) is 10.5. The largest absolute Gasteiger partial charge is 0.488 e. The molecule has 1 fully saturated rings. The van der Waals surface area contributed by atoms with Gasteiger partial charge in [-0.3, -0.25) is 0 Å². The smallest absolute Gasteiger partial charge is 0.240 e. The lowest BCUT2D eigenvalue weighted by molar-refractivity contribution is 0.164. The monoisotopic (exact) mass is 519 g/mol. The highest BCUT2D eigenvalue weighted by molar-refractivity contribution is 9.10. The maximum atomic E-state index is 12.3. The van der Waals surface area contributed by atoms with Gasteiger partial charge >= 0.3 is 0 Å². The van der Waals surface area contributed by atoms with E-state index < -0.39 is 10.0 Å². The molecule has 0 unspecified atom stereocenters. The molecule has 1 saturated heterocycles. The summed E-state index contributed by atoms with van der Waals surface area (Å²) in [5.41, 5.74) is 1.40. The minimum atomic E-state index is -3.54. The molecule has 0 spiro atoms. The topological polar surface area (TPSA) is 105 Å². The predicted octanol–water partition coefficient (Wildman–Crippen LogP) is 3.95. The lowest BCUT2D eigenvalue weighted by atomic mass is 10.1. The van der Waals surface area contributed by atoms with E-state index in [9.17, 15) is 8.42 Å². The number of nitrogens with zero attached hydrogens (tertiary/aromatic N) is 2. The van der Waals surface area contributed by atoms with Crippen molar-refractivity contribution in [3.63, 3.8) is 0 Å². The minimum Gasteiger partial charge on any atom is -0.488 e. The average molecular weight is 520 g/mol. The number of halogens is 1. The van der Waals surface area contributed by atoms with Crippen molar-refractivity contribution in [3.8, 4) is 5.75 Å². The molecule has 0 saturated carbocycles. The summed E-state index contributed by atoms with van der Waals surface area (Å²) in [4.78, 5) is 9.30. The lowest BCUT2D eigenvalue weighted by Crippen LogP contribution is -2.34. The average Bonchev–Trinajstić information content (AvgIpc) is 2.76. The molecular weight excluding hydrogens is 494 g/mol. The fraction of sp³-hybridized carbons (Fsp3) is 0.364. The molecule has 170 valence electrons. The van der Waals surface area contributed by atoms with Gasteiger partial charge in [0.15, 0.2) is 0 Å². The first-order chi connectivity index (χ1) is 15.3. The van der Waals surface area contributed by atoms with E-state index in [1.54, 1.807) is 44.3 Å². The summed E-state index contributed by atoms with van der Waals surface area (Å²) < 4.78 is 34.4. The Morgan fingerprint density at radius 2 is 1.84 bits per heavy atom. The molecule has 10 heteroatoms. The Labute approximate surface area is 196 Å². The summed E-state index contributed by atoms with van der Waals surface area (Å²) in [6.07, 6.45) is 3.81. The molecule has 1 aliphatic rings. The number of piperidine rings is 1. The number of anilines is 2. The fourth-order valence-corrected chi connectivity index (χ4v) is 5.21. The molecule has 0 radical (unpaired) electrons. The van der Waals surface area contributed by atoms with E-state index in [0.717, 1.165) is 47.1 Å². The van der Waals surface area contributed by atoms with Gasteiger partial charge in [-0.1, -0.05) is 15.9 Å².